The number of aromatic amines is 1. The molecule has 0 saturated carbocycles. The number of carbonyl (C=O) groups is 1. The maximum absolute atomic E-state index is 12.7. The summed E-state index contributed by atoms with van der Waals surface area (Å²) in [6, 6.07) is 17.4. The summed E-state index contributed by atoms with van der Waals surface area (Å²) in [6.07, 6.45) is 1.45. The van der Waals surface area contributed by atoms with Gasteiger partial charge in [-0.1, -0.05) is 74.1 Å². The van der Waals surface area contributed by atoms with Crippen LogP contribution in [-0.4, -0.2) is 26.6 Å². The van der Waals surface area contributed by atoms with Gasteiger partial charge in [-0.25, -0.2) is 0 Å². The molecule has 0 aliphatic rings. The molecule has 6 heteroatoms. The summed E-state index contributed by atoms with van der Waals surface area (Å²) in [5, 5.41) is 11.5. The van der Waals surface area contributed by atoms with E-state index in [1.807, 2.05) is 68.4 Å². The van der Waals surface area contributed by atoms with Gasteiger partial charge in [0.25, 0.3) is 0 Å². The lowest BCUT2D eigenvalue weighted by Gasteiger charge is -2.14. The van der Waals surface area contributed by atoms with Gasteiger partial charge in [-0.15, -0.1) is 5.10 Å². The number of rotatable bonds is 7. The van der Waals surface area contributed by atoms with Crippen molar-refractivity contribution in [2.75, 3.05) is 0 Å². The molecule has 134 valence electrons. The number of hydrogen-bond acceptors (Lipinski definition) is 5. The first kappa shape index (κ1) is 18.2. The lowest BCUT2D eigenvalue weighted by molar-refractivity contribution is -0.133. The van der Waals surface area contributed by atoms with Crippen LogP contribution in [0.1, 0.15) is 25.8 Å². The highest BCUT2D eigenvalue weighted by atomic mass is 32.2. The molecule has 5 nitrogen and oxygen atoms in total. The molecule has 0 fully saturated rings. The third-order valence-corrected chi connectivity index (χ3v) is 5.33. The molecule has 3 rings (SSSR count). The third kappa shape index (κ3) is 4.14. The lowest BCUT2D eigenvalue weighted by atomic mass is 10.1. The van der Waals surface area contributed by atoms with Crippen LogP contribution in [0.15, 0.2) is 59.6 Å². The van der Waals surface area contributed by atoms with Crippen molar-refractivity contribution in [2.24, 2.45) is 0 Å². The van der Waals surface area contributed by atoms with Crippen molar-refractivity contribution in [3.05, 3.63) is 60.2 Å². The molecule has 2 aromatic carbocycles. The van der Waals surface area contributed by atoms with Crippen molar-refractivity contribution >= 4 is 17.7 Å². The Morgan fingerprint density at radius 1 is 1.08 bits per heavy atom. The molecule has 0 amide bonds. The van der Waals surface area contributed by atoms with Gasteiger partial charge in [-0.05, 0) is 24.5 Å². The van der Waals surface area contributed by atoms with Crippen LogP contribution >= 0.6 is 11.8 Å². The molecule has 1 N–H and O–H groups in total. The standard InChI is InChI=1S/C20H21N3O2S/c1-3-14-10-8-9-13-16(14)25-20(24)17(4-2)26-19-18(21-23-22-19)15-11-6-5-7-12-15/h5-13,17H,3-4H2,1-2H3,(H,21,22,23). The van der Waals surface area contributed by atoms with Gasteiger partial charge in [0, 0.05) is 5.56 Å². The number of carbonyl (C=O) groups excluding carboxylic acids is 1. The number of hydrogen-bond donors (Lipinski definition) is 1. The van der Waals surface area contributed by atoms with Crippen LogP contribution < -0.4 is 4.74 Å². The van der Waals surface area contributed by atoms with Crippen molar-refractivity contribution in [3.8, 4) is 17.0 Å². The SMILES string of the molecule is CCc1ccccc1OC(=O)C(CC)Sc1n[nH]nc1-c1ccccc1. The predicted molar refractivity (Wildman–Crippen MR) is 103 cm³/mol. The second-order valence-corrected chi connectivity index (χ2v) is 6.93. The van der Waals surface area contributed by atoms with E-state index in [9.17, 15) is 4.79 Å². The van der Waals surface area contributed by atoms with E-state index >= 15 is 0 Å². The molecule has 0 aliphatic heterocycles. The minimum atomic E-state index is -0.354. The molecule has 3 aromatic rings. The fourth-order valence-corrected chi connectivity index (χ4v) is 3.54. The molecule has 0 aliphatic carbocycles. The van der Waals surface area contributed by atoms with Crippen molar-refractivity contribution < 1.29 is 9.53 Å². The highest BCUT2D eigenvalue weighted by Crippen LogP contribution is 2.32. The second-order valence-electron chi connectivity index (χ2n) is 5.74. The summed E-state index contributed by atoms with van der Waals surface area (Å²) in [5.74, 6) is 0.364. The van der Waals surface area contributed by atoms with Crippen molar-refractivity contribution in [1.82, 2.24) is 15.4 Å². The van der Waals surface area contributed by atoms with E-state index in [0.29, 0.717) is 17.2 Å². The minimum Gasteiger partial charge on any atom is -0.425 e. The first-order valence-corrected chi connectivity index (χ1v) is 9.53. The summed E-state index contributed by atoms with van der Waals surface area (Å²) in [6.45, 7) is 4.01. The summed E-state index contributed by atoms with van der Waals surface area (Å²) < 4.78 is 5.67. The van der Waals surface area contributed by atoms with Crippen LogP contribution in [0.5, 0.6) is 5.75 Å². The van der Waals surface area contributed by atoms with Gasteiger partial charge in [0.1, 0.15) is 21.7 Å². The molecule has 0 bridgehead atoms. The number of benzene rings is 2. The zero-order valence-electron chi connectivity index (χ0n) is 14.8. The maximum Gasteiger partial charge on any atom is 0.324 e. The Hall–Kier alpha value is -2.60. The highest BCUT2D eigenvalue weighted by Gasteiger charge is 2.24. The van der Waals surface area contributed by atoms with Crippen LogP contribution in [-0.2, 0) is 11.2 Å². The second kappa shape index (κ2) is 8.67. The molecular weight excluding hydrogens is 346 g/mol. The van der Waals surface area contributed by atoms with E-state index in [2.05, 4.69) is 15.4 Å². The smallest absolute Gasteiger partial charge is 0.324 e. The van der Waals surface area contributed by atoms with Crippen molar-refractivity contribution in [2.45, 2.75) is 37.0 Å². The van der Waals surface area contributed by atoms with Crippen LogP contribution in [0.25, 0.3) is 11.3 Å². The number of H-pyrrole nitrogens is 1. The number of aryl methyl sites for hydroxylation is 1. The number of aromatic nitrogens is 3. The zero-order chi connectivity index (χ0) is 18.4. The summed E-state index contributed by atoms with van der Waals surface area (Å²) in [4.78, 5) is 12.7. The van der Waals surface area contributed by atoms with E-state index < -0.39 is 0 Å². The molecule has 0 radical (unpaired) electrons. The molecular formula is C20H21N3O2S. The Morgan fingerprint density at radius 2 is 1.81 bits per heavy atom. The van der Waals surface area contributed by atoms with Gasteiger partial charge in [0.05, 0.1) is 0 Å². The van der Waals surface area contributed by atoms with E-state index in [4.69, 9.17) is 4.74 Å². The Balaban J connectivity index is 1.76. The van der Waals surface area contributed by atoms with Gasteiger partial charge in [-0.3, -0.25) is 4.79 Å². The summed E-state index contributed by atoms with van der Waals surface area (Å²) in [5.41, 5.74) is 2.73. The monoisotopic (exact) mass is 367 g/mol. The van der Waals surface area contributed by atoms with E-state index in [1.165, 1.54) is 11.8 Å². The molecule has 1 aromatic heterocycles. The van der Waals surface area contributed by atoms with Crippen LogP contribution in [0.3, 0.4) is 0 Å². The first-order chi connectivity index (χ1) is 12.7. The Labute approximate surface area is 157 Å². The fraction of sp³-hybridized carbons (Fsp3) is 0.250. The predicted octanol–water partition coefficient (Wildman–Crippen LogP) is 4.51. The number of nitrogens with zero attached hydrogens (tertiary/aromatic N) is 2. The zero-order valence-corrected chi connectivity index (χ0v) is 15.6. The number of esters is 1. The largest absolute Gasteiger partial charge is 0.425 e. The minimum absolute atomic E-state index is 0.264. The van der Waals surface area contributed by atoms with E-state index in [-0.39, 0.29) is 11.2 Å². The van der Waals surface area contributed by atoms with Crippen LogP contribution in [0.2, 0.25) is 0 Å². The van der Waals surface area contributed by atoms with Gasteiger partial charge in [-0.2, -0.15) is 10.3 Å². The van der Waals surface area contributed by atoms with Crippen LogP contribution in [0, 0.1) is 0 Å². The molecule has 0 saturated heterocycles. The Kier molecular flexibility index (Phi) is 6.07. The Morgan fingerprint density at radius 3 is 2.54 bits per heavy atom. The molecule has 1 atom stereocenters. The number of para-hydroxylation sites is 1. The van der Waals surface area contributed by atoms with Crippen molar-refractivity contribution in [1.29, 1.82) is 0 Å². The Bertz CT molecular complexity index is 864. The number of thioether (sulfide) groups is 1. The summed E-state index contributed by atoms with van der Waals surface area (Å²) in [7, 11) is 0. The lowest BCUT2D eigenvalue weighted by Crippen LogP contribution is -2.23. The molecule has 26 heavy (non-hydrogen) atoms. The topological polar surface area (TPSA) is 67.9 Å². The molecule has 1 unspecified atom stereocenters. The third-order valence-electron chi connectivity index (χ3n) is 4.01. The summed E-state index contributed by atoms with van der Waals surface area (Å²) >= 11 is 1.38. The first-order valence-electron chi connectivity index (χ1n) is 8.65. The quantitative estimate of drug-likeness (QED) is 0.378. The number of nitrogens with one attached hydrogen (secondary N) is 1. The van der Waals surface area contributed by atoms with Gasteiger partial charge < -0.3 is 4.74 Å². The van der Waals surface area contributed by atoms with Gasteiger partial charge in [0.15, 0.2) is 0 Å². The van der Waals surface area contributed by atoms with E-state index in [0.717, 1.165) is 23.2 Å². The van der Waals surface area contributed by atoms with Crippen LogP contribution in [0.4, 0.5) is 0 Å². The normalized spacial score (nSPS) is 11.9. The maximum atomic E-state index is 12.7. The average Bonchev–Trinajstić information content (AvgIpc) is 3.15. The van der Waals surface area contributed by atoms with Crippen molar-refractivity contribution in [3.63, 3.8) is 0 Å². The molecule has 0 spiro atoms. The van der Waals surface area contributed by atoms with Gasteiger partial charge >= 0.3 is 5.97 Å². The molecule has 1 heterocycles. The average molecular weight is 367 g/mol. The highest BCUT2D eigenvalue weighted by molar-refractivity contribution is 8.00. The fourth-order valence-electron chi connectivity index (χ4n) is 2.59. The van der Waals surface area contributed by atoms with Gasteiger partial charge in [0.2, 0.25) is 0 Å². The number of ether oxygens (including phenoxy) is 1. The van der Waals surface area contributed by atoms with E-state index in [1.54, 1.807) is 0 Å².